The van der Waals surface area contributed by atoms with Crippen LogP contribution < -0.4 is 20.1 Å². The van der Waals surface area contributed by atoms with Crippen LogP contribution in [0.4, 0.5) is 21.8 Å². The average Bonchev–Trinajstić information content (AvgIpc) is 3.33. The summed E-state index contributed by atoms with van der Waals surface area (Å²) in [5.74, 6) is 1.41. The van der Waals surface area contributed by atoms with E-state index in [0.29, 0.717) is 29.7 Å². The minimum absolute atomic E-state index is 0.0181. The van der Waals surface area contributed by atoms with Crippen LogP contribution in [-0.4, -0.2) is 77.3 Å². The summed E-state index contributed by atoms with van der Waals surface area (Å²) in [6.45, 7) is 12.7. The minimum Gasteiger partial charge on any atom is -0.497 e. The summed E-state index contributed by atoms with van der Waals surface area (Å²) in [5, 5.41) is 6.54. The highest BCUT2D eigenvalue weighted by Crippen LogP contribution is 2.38. The lowest BCUT2D eigenvalue weighted by Crippen LogP contribution is -2.61. The summed E-state index contributed by atoms with van der Waals surface area (Å²) >= 11 is 0. The first kappa shape index (κ1) is 26.4. The second-order valence-electron chi connectivity index (χ2n) is 11.2. The standard InChI is InChI=1S/C27H41FN6O2/c1-26(2)16-20(17-27(3,4)33(26)5)30-24-23(28)18-29-25(32-24)31-19-13-21(35-6)15-22(14-19)36-12-11-34-9-7-8-10-34/h13-15,18,20H,7-12,16-17H2,1-6H3,(H2,29,30,31,32). The van der Waals surface area contributed by atoms with Crippen LogP contribution in [0.1, 0.15) is 53.4 Å². The largest absolute Gasteiger partial charge is 0.497 e. The van der Waals surface area contributed by atoms with Gasteiger partial charge in [-0.3, -0.25) is 9.80 Å². The molecular formula is C27H41FN6O2. The maximum absolute atomic E-state index is 14.7. The molecule has 2 saturated heterocycles. The van der Waals surface area contributed by atoms with Gasteiger partial charge in [0.05, 0.1) is 13.3 Å². The Kier molecular flexibility index (Phi) is 7.90. The van der Waals surface area contributed by atoms with Crippen molar-refractivity contribution in [2.75, 3.05) is 51.0 Å². The molecule has 2 fully saturated rings. The third-order valence-electron chi connectivity index (χ3n) is 7.64. The quantitative estimate of drug-likeness (QED) is 0.503. The number of piperidine rings is 1. The zero-order valence-electron chi connectivity index (χ0n) is 22.5. The first-order valence-electron chi connectivity index (χ1n) is 12.9. The number of benzene rings is 1. The fraction of sp³-hybridized carbons (Fsp3) is 0.630. The van der Waals surface area contributed by atoms with Gasteiger partial charge < -0.3 is 20.1 Å². The molecule has 0 amide bonds. The highest BCUT2D eigenvalue weighted by atomic mass is 19.1. The molecule has 2 N–H and O–H groups in total. The van der Waals surface area contributed by atoms with E-state index in [0.717, 1.165) is 32.5 Å². The molecule has 3 heterocycles. The van der Waals surface area contributed by atoms with Crippen LogP contribution in [0.2, 0.25) is 0 Å². The molecule has 0 bridgehead atoms. The fourth-order valence-corrected chi connectivity index (χ4v) is 5.47. The number of halogens is 1. The summed E-state index contributed by atoms with van der Waals surface area (Å²) in [5.41, 5.74) is 0.676. The van der Waals surface area contributed by atoms with Crippen molar-refractivity contribution in [3.8, 4) is 11.5 Å². The number of ether oxygens (including phenoxy) is 2. The number of aromatic nitrogens is 2. The van der Waals surface area contributed by atoms with Gasteiger partial charge >= 0.3 is 0 Å². The van der Waals surface area contributed by atoms with Crippen molar-refractivity contribution in [2.24, 2.45) is 0 Å². The van der Waals surface area contributed by atoms with E-state index >= 15 is 0 Å². The first-order chi connectivity index (χ1) is 17.1. The summed E-state index contributed by atoms with van der Waals surface area (Å²) in [6, 6.07) is 5.68. The smallest absolute Gasteiger partial charge is 0.229 e. The second-order valence-corrected chi connectivity index (χ2v) is 11.2. The molecule has 36 heavy (non-hydrogen) atoms. The van der Waals surface area contributed by atoms with E-state index in [1.807, 2.05) is 18.2 Å². The lowest BCUT2D eigenvalue weighted by atomic mass is 9.77. The highest BCUT2D eigenvalue weighted by molar-refractivity contribution is 5.60. The number of nitrogens with zero attached hydrogens (tertiary/aromatic N) is 4. The minimum atomic E-state index is -0.466. The molecule has 9 heteroatoms. The molecule has 4 rings (SSSR count). The van der Waals surface area contributed by atoms with Crippen LogP contribution in [0.3, 0.4) is 0 Å². The molecule has 0 saturated carbocycles. The van der Waals surface area contributed by atoms with Crippen molar-refractivity contribution in [2.45, 2.75) is 70.5 Å². The van der Waals surface area contributed by atoms with E-state index in [-0.39, 0.29) is 22.9 Å². The van der Waals surface area contributed by atoms with Gasteiger partial charge in [-0.1, -0.05) is 0 Å². The van der Waals surface area contributed by atoms with Crippen molar-refractivity contribution in [3.63, 3.8) is 0 Å². The normalized spacial score (nSPS) is 20.3. The van der Waals surface area contributed by atoms with Crippen LogP contribution in [0.15, 0.2) is 24.4 Å². The van der Waals surface area contributed by atoms with Gasteiger partial charge in [0.1, 0.15) is 18.1 Å². The van der Waals surface area contributed by atoms with Gasteiger partial charge in [0.2, 0.25) is 5.95 Å². The Bertz CT molecular complexity index is 1020. The number of hydrogen-bond acceptors (Lipinski definition) is 8. The zero-order chi connectivity index (χ0) is 25.9. The number of anilines is 3. The Labute approximate surface area is 214 Å². The van der Waals surface area contributed by atoms with Gasteiger partial charge in [-0.15, -0.1) is 0 Å². The summed E-state index contributed by atoms with van der Waals surface area (Å²) in [6.07, 6.45) is 5.49. The summed E-state index contributed by atoms with van der Waals surface area (Å²) in [4.78, 5) is 13.4. The van der Waals surface area contributed by atoms with Crippen LogP contribution >= 0.6 is 0 Å². The molecule has 0 aliphatic carbocycles. The predicted octanol–water partition coefficient (Wildman–Crippen LogP) is 4.91. The van der Waals surface area contributed by atoms with Crippen LogP contribution in [-0.2, 0) is 0 Å². The molecule has 2 aromatic rings. The molecule has 0 atom stereocenters. The Morgan fingerprint density at radius 3 is 2.39 bits per heavy atom. The maximum Gasteiger partial charge on any atom is 0.229 e. The monoisotopic (exact) mass is 500 g/mol. The summed E-state index contributed by atoms with van der Waals surface area (Å²) in [7, 11) is 3.77. The molecule has 2 aliphatic rings. The van der Waals surface area contributed by atoms with E-state index in [4.69, 9.17) is 9.47 Å². The molecule has 1 aromatic carbocycles. The van der Waals surface area contributed by atoms with Gasteiger partial charge in [0, 0.05) is 47.6 Å². The Balaban J connectivity index is 1.45. The van der Waals surface area contributed by atoms with Crippen LogP contribution in [0.25, 0.3) is 0 Å². The van der Waals surface area contributed by atoms with Crippen molar-refractivity contribution in [1.82, 2.24) is 19.8 Å². The predicted molar refractivity (Wildman–Crippen MR) is 142 cm³/mol. The number of rotatable bonds is 9. The molecule has 2 aliphatic heterocycles. The van der Waals surface area contributed by atoms with Crippen molar-refractivity contribution >= 4 is 17.5 Å². The first-order valence-corrected chi connectivity index (χ1v) is 12.9. The lowest BCUT2D eigenvalue weighted by molar-refractivity contribution is -0.00778. The van der Waals surface area contributed by atoms with E-state index < -0.39 is 5.82 Å². The topological polar surface area (TPSA) is 74.8 Å². The van der Waals surface area contributed by atoms with E-state index in [1.54, 1.807) is 7.11 Å². The molecule has 8 nitrogen and oxygen atoms in total. The SMILES string of the molecule is COc1cc(Nc2ncc(F)c(NC3CC(C)(C)N(C)C(C)(C)C3)n2)cc(OCCN2CCCC2)c1. The van der Waals surface area contributed by atoms with E-state index in [1.165, 1.54) is 19.0 Å². The van der Waals surface area contributed by atoms with Gasteiger partial charge in [0.15, 0.2) is 11.6 Å². The van der Waals surface area contributed by atoms with Crippen LogP contribution in [0.5, 0.6) is 11.5 Å². The third kappa shape index (κ3) is 6.37. The number of methoxy groups -OCH3 is 1. The van der Waals surface area contributed by atoms with Gasteiger partial charge in [0.25, 0.3) is 0 Å². The lowest BCUT2D eigenvalue weighted by Gasteiger charge is -2.53. The molecule has 198 valence electrons. The van der Waals surface area contributed by atoms with Gasteiger partial charge in [-0.05, 0) is 73.5 Å². The molecule has 1 aromatic heterocycles. The van der Waals surface area contributed by atoms with Gasteiger partial charge in [-0.25, -0.2) is 9.37 Å². The molecule has 0 unspecified atom stereocenters. The average molecular weight is 501 g/mol. The van der Waals surface area contributed by atoms with Crippen molar-refractivity contribution < 1.29 is 13.9 Å². The molecular weight excluding hydrogens is 459 g/mol. The fourth-order valence-electron chi connectivity index (χ4n) is 5.47. The second kappa shape index (κ2) is 10.8. The van der Waals surface area contributed by atoms with Crippen molar-refractivity contribution in [1.29, 1.82) is 0 Å². The number of nitrogens with one attached hydrogen (secondary N) is 2. The Hall–Kier alpha value is -2.65. The molecule has 0 spiro atoms. The van der Waals surface area contributed by atoms with E-state index in [2.05, 4.69) is 65.1 Å². The highest BCUT2D eigenvalue weighted by Gasteiger charge is 2.43. The Morgan fingerprint density at radius 2 is 1.72 bits per heavy atom. The van der Waals surface area contributed by atoms with Gasteiger partial charge in [-0.2, -0.15) is 4.98 Å². The number of likely N-dealkylation sites (tertiary alicyclic amines) is 2. The zero-order valence-corrected chi connectivity index (χ0v) is 22.5. The maximum atomic E-state index is 14.7. The molecule has 0 radical (unpaired) electrons. The third-order valence-corrected chi connectivity index (χ3v) is 7.64. The van der Waals surface area contributed by atoms with Crippen molar-refractivity contribution in [3.05, 3.63) is 30.2 Å². The number of hydrogen-bond donors (Lipinski definition) is 2. The van der Waals surface area contributed by atoms with Crippen LogP contribution in [0, 0.1) is 5.82 Å². The summed E-state index contributed by atoms with van der Waals surface area (Å²) < 4.78 is 26.2. The Morgan fingerprint density at radius 1 is 1.06 bits per heavy atom. The van der Waals surface area contributed by atoms with E-state index in [9.17, 15) is 4.39 Å².